The molecular formula is C29H46N2O6. The van der Waals surface area contributed by atoms with Crippen molar-refractivity contribution in [3.63, 3.8) is 0 Å². The van der Waals surface area contributed by atoms with E-state index < -0.39 is 41.1 Å². The van der Waals surface area contributed by atoms with Crippen molar-refractivity contribution in [1.29, 1.82) is 0 Å². The van der Waals surface area contributed by atoms with Crippen molar-refractivity contribution in [1.82, 2.24) is 9.80 Å². The number of likely N-dealkylation sites (tertiary alicyclic amines) is 1. The van der Waals surface area contributed by atoms with Gasteiger partial charge in [-0.15, -0.1) is 6.58 Å². The molecule has 4 unspecified atom stereocenters. The first kappa shape index (κ1) is 29.4. The van der Waals surface area contributed by atoms with Crippen LogP contribution in [0.1, 0.15) is 67.2 Å². The fourth-order valence-corrected chi connectivity index (χ4v) is 7.12. The van der Waals surface area contributed by atoms with Crippen molar-refractivity contribution < 1.29 is 29.0 Å². The third kappa shape index (κ3) is 4.76. The Kier molecular flexibility index (Phi) is 8.95. The average Bonchev–Trinajstić information content (AvgIpc) is 3.35. The Morgan fingerprint density at radius 2 is 1.97 bits per heavy atom. The zero-order chi connectivity index (χ0) is 27.7. The lowest BCUT2D eigenvalue weighted by molar-refractivity contribution is -0.163. The first-order chi connectivity index (χ1) is 17.4. The van der Waals surface area contributed by atoms with Gasteiger partial charge in [0.1, 0.15) is 24.2 Å². The fourth-order valence-electron chi connectivity index (χ4n) is 7.12. The van der Waals surface area contributed by atoms with Crippen LogP contribution < -0.4 is 0 Å². The normalized spacial score (nSPS) is 33.8. The summed E-state index contributed by atoms with van der Waals surface area (Å²) < 4.78 is 12.2. The number of nitrogens with zero attached hydrogens (tertiary/aromatic N) is 2. The Labute approximate surface area is 222 Å². The molecule has 37 heavy (non-hydrogen) atoms. The molecule has 0 aliphatic carbocycles. The summed E-state index contributed by atoms with van der Waals surface area (Å²) in [6.45, 7) is 19.6. The molecule has 8 heteroatoms. The van der Waals surface area contributed by atoms with Gasteiger partial charge in [0.2, 0.25) is 11.8 Å². The van der Waals surface area contributed by atoms with Crippen LogP contribution in [0.2, 0.25) is 0 Å². The lowest BCUT2D eigenvalue weighted by Crippen LogP contribution is -2.60. The van der Waals surface area contributed by atoms with Crippen LogP contribution in [0.3, 0.4) is 0 Å². The topological polar surface area (TPSA) is 96.4 Å². The first-order valence-electron chi connectivity index (χ1n) is 13.8. The van der Waals surface area contributed by atoms with Gasteiger partial charge in [0, 0.05) is 12.6 Å². The quantitative estimate of drug-likeness (QED) is 0.297. The number of hydrogen-bond donors (Lipinski definition) is 1. The lowest BCUT2D eigenvalue weighted by atomic mass is 9.62. The van der Waals surface area contributed by atoms with E-state index in [0.29, 0.717) is 19.4 Å². The Hall–Kier alpha value is -2.19. The Morgan fingerprint density at radius 1 is 1.30 bits per heavy atom. The zero-order valence-corrected chi connectivity index (χ0v) is 23.4. The molecule has 0 radical (unpaired) electrons. The van der Waals surface area contributed by atoms with Crippen LogP contribution in [0.15, 0.2) is 25.3 Å². The van der Waals surface area contributed by atoms with E-state index in [4.69, 9.17) is 9.47 Å². The van der Waals surface area contributed by atoms with Gasteiger partial charge >= 0.3 is 5.97 Å². The Morgan fingerprint density at radius 3 is 2.51 bits per heavy atom. The molecule has 208 valence electrons. The number of carbonyl (C=O) groups excluding carboxylic acids is 3. The van der Waals surface area contributed by atoms with E-state index >= 15 is 0 Å². The molecule has 3 aliphatic heterocycles. The number of rotatable bonds is 13. The maximum atomic E-state index is 14.5. The first-order valence-corrected chi connectivity index (χ1v) is 13.8. The van der Waals surface area contributed by atoms with Gasteiger partial charge in [0.15, 0.2) is 0 Å². The molecule has 3 fully saturated rings. The van der Waals surface area contributed by atoms with Gasteiger partial charge in [0.25, 0.3) is 0 Å². The van der Waals surface area contributed by atoms with E-state index in [1.54, 1.807) is 15.9 Å². The largest absolute Gasteiger partial charge is 0.461 e. The summed E-state index contributed by atoms with van der Waals surface area (Å²) in [5.74, 6) is -2.62. The zero-order valence-electron chi connectivity index (χ0n) is 23.4. The molecule has 1 spiro atoms. The van der Waals surface area contributed by atoms with E-state index in [1.165, 1.54) is 6.08 Å². The molecule has 3 aliphatic rings. The molecule has 8 nitrogen and oxygen atoms in total. The number of aliphatic hydroxyl groups excluding tert-OH is 1. The molecule has 0 aromatic carbocycles. The molecule has 3 saturated heterocycles. The Bertz CT molecular complexity index is 905. The SMILES string of the molecule is C=CCOC(=O)[C@H]1[C@H]2C(=O)N([C@@H](CO)CC(C)C)C(C(=O)N(CC=C)C(C)CCC)C23CC(C)[C@]1(C)O3. The molecule has 2 bridgehead atoms. The van der Waals surface area contributed by atoms with Gasteiger partial charge in [-0.25, -0.2) is 0 Å². The molecule has 1 N–H and O–H groups in total. The molecule has 0 saturated carbocycles. The fraction of sp³-hybridized carbons (Fsp3) is 0.759. The molecule has 2 amide bonds. The molecular weight excluding hydrogens is 472 g/mol. The van der Waals surface area contributed by atoms with E-state index in [0.717, 1.165) is 12.8 Å². The minimum absolute atomic E-state index is 0.0358. The maximum Gasteiger partial charge on any atom is 0.313 e. The number of hydrogen-bond acceptors (Lipinski definition) is 6. The van der Waals surface area contributed by atoms with Crippen molar-refractivity contribution in [3.8, 4) is 0 Å². The maximum absolute atomic E-state index is 14.5. The summed E-state index contributed by atoms with van der Waals surface area (Å²) >= 11 is 0. The molecule has 8 atom stereocenters. The van der Waals surface area contributed by atoms with Crippen LogP contribution in [0.25, 0.3) is 0 Å². The van der Waals surface area contributed by atoms with Crippen LogP contribution in [-0.4, -0.2) is 81.8 Å². The summed E-state index contributed by atoms with van der Waals surface area (Å²) in [6.07, 6.45) is 5.90. The van der Waals surface area contributed by atoms with Crippen molar-refractivity contribution in [2.45, 2.75) is 96.6 Å². The van der Waals surface area contributed by atoms with Crippen LogP contribution in [-0.2, 0) is 23.9 Å². The van der Waals surface area contributed by atoms with Crippen LogP contribution in [0.5, 0.6) is 0 Å². The second-order valence-electron chi connectivity index (χ2n) is 11.8. The highest BCUT2D eigenvalue weighted by Gasteiger charge is 2.80. The van der Waals surface area contributed by atoms with Gasteiger partial charge in [-0.05, 0) is 44.9 Å². The van der Waals surface area contributed by atoms with Crippen molar-refractivity contribution in [3.05, 3.63) is 25.3 Å². The second kappa shape index (κ2) is 11.3. The second-order valence-corrected chi connectivity index (χ2v) is 11.8. The lowest BCUT2D eigenvalue weighted by Gasteiger charge is -2.41. The van der Waals surface area contributed by atoms with Crippen LogP contribution in [0.4, 0.5) is 0 Å². The van der Waals surface area contributed by atoms with Gasteiger partial charge in [-0.2, -0.15) is 0 Å². The highest BCUT2D eigenvalue weighted by molar-refractivity contribution is 5.99. The molecule has 0 aromatic rings. The minimum atomic E-state index is -1.17. The van der Waals surface area contributed by atoms with Gasteiger partial charge in [-0.1, -0.05) is 52.8 Å². The summed E-state index contributed by atoms with van der Waals surface area (Å²) in [5, 5.41) is 10.4. The number of carbonyl (C=O) groups is 3. The van der Waals surface area contributed by atoms with E-state index in [1.807, 2.05) is 34.6 Å². The molecule has 3 heterocycles. The number of aliphatic hydroxyl groups is 1. The van der Waals surface area contributed by atoms with Crippen LogP contribution in [0, 0.1) is 23.7 Å². The van der Waals surface area contributed by atoms with E-state index in [9.17, 15) is 19.5 Å². The smallest absolute Gasteiger partial charge is 0.313 e. The summed E-state index contributed by atoms with van der Waals surface area (Å²) in [6, 6.07) is -1.58. The van der Waals surface area contributed by atoms with E-state index in [-0.39, 0.29) is 42.9 Å². The van der Waals surface area contributed by atoms with Crippen molar-refractivity contribution >= 4 is 17.8 Å². The predicted molar refractivity (Wildman–Crippen MR) is 141 cm³/mol. The highest BCUT2D eigenvalue weighted by atomic mass is 16.6. The molecule has 3 rings (SSSR count). The predicted octanol–water partition coefficient (Wildman–Crippen LogP) is 3.34. The number of fused-ring (bicyclic) bond motifs is 1. The van der Waals surface area contributed by atoms with Crippen LogP contribution >= 0.6 is 0 Å². The van der Waals surface area contributed by atoms with Gasteiger partial charge < -0.3 is 24.4 Å². The third-order valence-corrected chi connectivity index (χ3v) is 8.78. The standard InChI is InChI=1S/C29H46N2O6/c1-9-12-20(7)30(13-10-2)26(34)24-29-16-19(6)28(8,37-29)23(27(35)36-14-11-3)22(29)25(33)31(24)21(17-32)15-18(4)5/h10-11,18-24,32H,2-3,9,12-17H2,1,4-8H3/t19?,20?,21-,22+,23-,24?,28+,29?/m1/s1. The van der Waals surface area contributed by atoms with Crippen molar-refractivity contribution in [2.24, 2.45) is 23.7 Å². The summed E-state index contributed by atoms with van der Waals surface area (Å²) in [4.78, 5) is 45.5. The minimum Gasteiger partial charge on any atom is -0.461 e. The molecule has 0 aromatic heterocycles. The average molecular weight is 519 g/mol. The highest BCUT2D eigenvalue weighted by Crippen LogP contribution is 2.65. The third-order valence-electron chi connectivity index (χ3n) is 8.78. The number of amides is 2. The van der Waals surface area contributed by atoms with Crippen molar-refractivity contribution in [2.75, 3.05) is 19.8 Å². The van der Waals surface area contributed by atoms with Gasteiger partial charge in [-0.3, -0.25) is 14.4 Å². The van der Waals surface area contributed by atoms with E-state index in [2.05, 4.69) is 20.1 Å². The summed E-state index contributed by atoms with van der Waals surface area (Å²) in [7, 11) is 0. The number of esters is 1. The Balaban J connectivity index is 2.17. The summed E-state index contributed by atoms with van der Waals surface area (Å²) in [5.41, 5.74) is -2.11. The van der Waals surface area contributed by atoms with Gasteiger partial charge in [0.05, 0.1) is 24.2 Å². The monoisotopic (exact) mass is 518 g/mol. The number of ether oxygens (including phenoxy) is 2.